The number of ether oxygens (including phenoxy) is 2. The Kier molecular flexibility index (Phi) is 6.58. The van der Waals surface area contributed by atoms with E-state index in [9.17, 15) is 9.59 Å². The smallest absolute Gasteiger partial charge is 0.408 e. The van der Waals surface area contributed by atoms with Crippen molar-refractivity contribution in [1.82, 2.24) is 5.32 Å². The molecular weight excluding hydrogens is 386 g/mol. The first-order chi connectivity index (χ1) is 11.9. The fourth-order valence-corrected chi connectivity index (χ4v) is 2.65. The molecule has 1 N–H and O–H groups in total. The minimum Gasteiger partial charge on any atom is -0.469 e. The van der Waals surface area contributed by atoms with Gasteiger partial charge in [0.25, 0.3) is 0 Å². The van der Waals surface area contributed by atoms with Crippen LogP contribution in [-0.2, 0) is 26.4 Å². The van der Waals surface area contributed by atoms with Crippen LogP contribution in [0.2, 0.25) is 0 Å². The van der Waals surface area contributed by atoms with Gasteiger partial charge in [0, 0.05) is 4.47 Å². The molecule has 2 aromatic rings. The first-order valence-corrected chi connectivity index (χ1v) is 8.54. The van der Waals surface area contributed by atoms with E-state index in [-0.39, 0.29) is 13.0 Å². The van der Waals surface area contributed by atoms with Gasteiger partial charge in [-0.3, -0.25) is 4.79 Å². The average molecular weight is 406 g/mol. The minimum atomic E-state index is -0.943. The molecule has 0 bridgehead atoms. The number of hydrogen-bond donors (Lipinski definition) is 1. The van der Waals surface area contributed by atoms with Crippen molar-refractivity contribution >= 4 is 28.0 Å². The molecule has 2 aromatic carbocycles. The SMILES string of the molecule is COC(=O)CC(C)(NC(=O)OCc1ccccc1)c1ccc(Br)cc1. The van der Waals surface area contributed by atoms with Crippen molar-refractivity contribution in [2.45, 2.75) is 25.5 Å². The van der Waals surface area contributed by atoms with Gasteiger partial charge in [0.15, 0.2) is 0 Å². The van der Waals surface area contributed by atoms with Crippen molar-refractivity contribution < 1.29 is 19.1 Å². The fourth-order valence-electron chi connectivity index (χ4n) is 2.38. The molecule has 0 spiro atoms. The summed E-state index contributed by atoms with van der Waals surface area (Å²) in [6.07, 6.45) is -0.607. The number of methoxy groups -OCH3 is 1. The van der Waals surface area contributed by atoms with E-state index < -0.39 is 17.6 Å². The maximum atomic E-state index is 12.2. The number of halogens is 1. The van der Waals surface area contributed by atoms with Crippen LogP contribution in [0.25, 0.3) is 0 Å². The highest BCUT2D eigenvalue weighted by molar-refractivity contribution is 9.10. The second-order valence-corrected chi connectivity index (χ2v) is 6.69. The summed E-state index contributed by atoms with van der Waals surface area (Å²) in [6, 6.07) is 16.8. The predicted octanol–water partition coefficient (Wildman–Crippen LogP) is 4.15. The molecule has 5 nitrogen and oxygen atoms in total. The lowest BCUT2D eigenvalue weighted by atomic mass is 9.89. The van der Waals surface area contributed by atoms with Crippen LogP contribution in [0.15, 0.2) is 59.1 Å². The number of carbonyl (C=O) groups excluding carboxylic acids is 2. The molecular formula is C19H20BrNO4. The molecule has 132 valence electrons. The largest absolute Gasteiger partial charge is 0.469 e. The van der Waals surface area contributed by atoms with Crippen molar-refractivity contribution in [1.29, 1.82) is 0 Å². The highest BCUT2D eigenvalue weighted by Gasteiger charge is 2.32. The topological polar surface area (TPSA) is 64.6 Å². The number of alkyl carbamates (subject to hydrolysis) is 1. The van der Waals surface area contributed by atoms with E-state index in [0.29, 0.717) is 0 Å². The van der Waals surface area contributed by atoms with Gasteiger partial charge < -0.3 is 14.8 Å². The van der Waals surface area contributed by atoms with E-state index in [2.05, 4.69) is 21.2 Å². The van der Waals surface area contributed by atoms with Gasteiger partial charge >= 0.3 is 12.1 Å². The predicted molar refractivity (Wildman–Crippen MR) is 97.9 cm³/mol. The molecule has 2 rings (SSSR count). The Morgan fingerprint density at radius 2 is 1.72 bits per heavy atom. The Labute approximate surface area is 155 Å². The van der Waals surface area contributed by atoms with Crippen molar-refractivity contribution in [2.24, 2.45) is 0 Å². The maximum absolute atomic E-state index is 12.2. The van der Waals surface area contributed by atoms with Gasteiger partial charge in [-0.2, -0.15) is 0 Å². The van der Waals surface area contributed by atoms with Crippen LogP contribution in [0, 0.1) is 0 Å². The molecule has 0 aliphatic carbocycles. The van der Waals surface area contributed by atoms with Gasteiger partial charge in [-0.05, 0) is 30.2 Å². The molecule has 1 amide bonds. The Morgan fingerprint density at radius 3 is 2.32 bits per heavy atom. The van der Waals surface area contributed by atoms with Crippen molar-refractivity contribution in [3.05, 3.63) is 70.2 Å². The van der Waals surface area contributed by atoms with Crippen LogP contribution in [0.5, 0.6) is 0 Å². The molecule has 0 radical (unpaired) electrons. The number of benzene rings is 2. The normalized spacial score (nSPS) is 12.8. The van der Waals surface area contributed by atoms with Crippen molar-refractivity contribution in [3.63, 3.8) is 0 Å². The summed E-state index contributed by atoms with van der Waals surface area (Å²) in [5.41, 5.74) is 0.718. The first-order valence-electron chi connectivity index (χ1n) is 7.75. The summed E-state index contributed by atoms with van der Waals surface area (Å²) in [6.45, 7) is 1.91. The number of nitrogens with one attached hydrogen (secondary N) is 1. The fraction of sp³-hybridized carbons (Fsp3) is 0.263. The van der Waals surface area contributed by atoms with E-state index in [1.165, 1.54) is 7.11 Å². The van der Waals surface area contributed by atoms with Gasteiger partial charge in [-0.1, -0.05) is 58.4 Å². The van der Waals surface area contributed by atoms with Crippen LogP contribution < -0.4 is 5.32 Å². The minimum absolute atomic E-state index is 0.00836. The standard InChI is InChI=1S/C19H20BrNO4/c1-19(12-17(22)24-2,15-8-10-16(20)11-9-15)21-18(23)25-13-14-6-4-3-5-7-14/h3-11H,12-13H2,1-2H3,(H,21,23). The molecule has 0 aromatic heterocycles. The average Bonchev–Trinajstić information content (AvgIpc) is 2.61. The zero-order chi connectivity index (χ0) is 18.3. The van der Waals surface area contributed by atoms with Crippen LogP contribution in [0.4, 0.5) is 4.79 Å². The molecule has 25 heavy (non-hydrogen) atoms. The number of amides is 1. The van der Waals surface area contributed by atoms with Crippen LogP contribution in [0.3, 0.4) is 0 Å². The molecule has 0 fully saturated rings. The van der Waals surface area contributed by atoms with Crippen LogP contribution >= 0.6 is 15.9 Å². The third-order valence-corrected chi connectivity index (χ3v) is 4.33. The highest BCUT2D eigenvalue weighted by atomic mass is 79.9. The lowest BCUT2D eigenvalue weighted by Gasteiger charge is -2.30. The Balaban J connectivity index is 2.10. The monoisotopic (exact) mass is 405 g/mol. The van der Waals surface area contributed by atoms with E-state index >= 15 is 0 Å². The summed E-state index contributed by atoms with van der Waals surface area (Å²) in [4.78, 5) is 24.1. The molecule has 1 unspecified atom stereocenters. The first kappa shape index (κ1) is 19.0. The van der Waals surface area contributed by atoms with E-state index in [1.54, 1.807) is 6.92 Å². The summed E-state index contributed by atoms with van der Waals surface area (Å²) >= 11 is 3.37. The second-order valence-electron chi connectivity index (χ2n) is 5.78. The lowest BCUT2D eigenvalue weighted by Crippen LogP contribution is -2.45. The van der Waals surface area contributed by atoms with Gasteiger partial charge in [-0.15, -0.1) is 0 Å². The molecule has 1 atom stereocenters. The van der Waals surface area contributed by atoms with Crippen LogP contribution in [0.1, 0.15) is 24.5 Å². The Bertz CT molecular complexity index is 718. The second kappa shape index (κ2) is 8.67. The molecule has 0 aliphatic rings. The highest BCUT2D eigenvalue weighted by Crippen LogP contribution is 2.27. The number of rotatable bonds is 6. The molecule has 6 heteroatoms. The maximum Gasteiger partial charge on any atom is 0.408 e. The summed E-state index contributed by atoms with van der Waals surface area (Å²) in [5.74, 6) is -0.422. The summed E-state index contributed by atoms with van der Waals surface area (Å²) in [5, 5.41) is 2.79. The summed E-state index contributed by atoms with van der Waals surface area (Å²) < 4.78 is 10.9. The molecule has 0 aliphatic heterocycles. The van der Waals surface area contributed by atoms with Crippen molar-refractivity contribution in [2.75, 3.05) is 7.11 Å². The van der Waals surface area contributed by atoms with E-state index in [4.69, 9.17) is 9.47 Å². The van der Waals surface area contributed by atoms with Gasteiger partial charge in [0.2, 0.25) is 0 Å². The Hall–Kier alpha value is -2.34. The quantitative estimate of drug-likeness (QED) is 0.732. The molecule has 0 heterocycles. The third kappa shape index (κ3) is 5.60. The van der Waals surface area contributed by atoms with E-state index in [1.807, 2.05) is 54.6 Å². The van der Waals surface area contributed by atoms with Crippen LogP contribution in [-0.4, -0.2) is 19.2 Å². The number of carbonyl (C=O) groups is 2. The van der Waals surface area contributed by atoms with E-state index in [0.717, 1.165) is 15.6 Å². The van der Waals surface area contributed by atoms with Gasteiger partial charge in [-0.25, -0.2) is 4.79 Å². The van der Waals surface area contributed by atoms with Crippen molar-refractivity contribution in [3.8, 4) is 0 Å². The molecule has 0 saturated heterocycles. The summed E-state index contributed by atoms with van der Waals surface area (Å²) in [7, 11) is 1.32. The third-order valence-electron chi connectivity index (χ3n) is 3.80. The van der Waals surface area contributed by atoms with Gasteiger partial charge in [0.1, 0.15) is 6.61 Å². The number of hydrogen-bond acceptors (Lipinski definition) is 4. The zero-order valence-electron chi connectivity index (χ0n) is 14.1. The molecule has 0 saturated carbocycles. The lowest BCUT2D eigenvalue weighted by molar-refractivity contribution is -0.142. The Morgan fingerprint density at radius 1 is 1.08 bits per heavy atom. The number of esters is 1. The zero-order valence-corrected chi connectivity index (χ0v) is 15.7. The van der Waals surface area contributed by atoms with Gasteiger partial charge in [0.05, 0.1) is 19.1 Å².